The third kappa shape index (κ3) is 4.79. The number of rotatable bonds is 7. The number of carbonyl (C=O) groups is 1. The van der Waals surface area contributed by atoms with Crippen LogP contribution in [0.3, 0.4) is 0 Å². The van der Waals surface area contributed by atoms with Gasteiger partial charge in [0.05, 0.1) is 20.8 Å². The summed E-state index contributed by atoms with van der Waals surface area (Å²) in [6.45, 7) is 5.93. The van der Waals surface area contributed by atoms with Crippen molar-refractivity contribution in [3.05, 3.63) is 46.2 Å². The Morgan fingerprint density at radius 3 is 2.63 bits per heavy atom. The molecule has 162 valence electrons. The van der Waals surface area contributed by atoms with E-state index in [2.05, 4.69) is 33.4 Å². The molecule has 0 radical (unpaired) electrons. The smallest absolute Gasteiger partial charge is 0.236 e. The highest BCUT2D eigenvalue weighted by Gasteiger charge is 2.31. The Hall–Kier alpha value is -2.09. The second kappa shape index (κ2) is 9.81. The van der Waals surface area contributed by atoms with Crippen LogP contribution in [-0.2, 0) is 11.3 Å². The van der Waals surface area contributed by atoms with Gasteiger partial charge in [-0.2, -0.15) is 0 Å². The van der Waals surface area contributed by atoms with Crippen LogP contribution >= 0.6 is 11.3 Å². The molecule has 2 aromatic rings. The highest BCUT2D eigenvalue weighted by atomic mass is 32.1. The first-order valence-electron chi connectivity index (χ1n) is 10.7. The van der Waals surface area contributed by atoms with Crippen LogP contribution in [0.25, 0.3) is 0 Å². The molecule has 0 bridgehead atoms. The number of likely N-dealkylation sites (tertiary alicyclic amines) is 1. The molecule has 0 unspecified atom stereocenters. The van der Waals surface area contributed by atoms with E-state index < -0.39 is 0 Å². The molecule has 1 atom stereocenters. The fourth-order valence-corrected chi connectivity index (χ4v) is 5.26. The first kappa shape index (κ1) is 21.2. The third-order valence-electron chi connectivity index (χ3n) is 6.19. The van der Waals surface area contributed by atoms with Crippen LogP contribution in [0.15, 0.2) is 35.7 Å². The van der Waals surface area contributed by atoms with Crippen LogP contribution in [0.4, 0.5) is 0 Å². The van der Waals surface area contributed by atoms with Gasteiger partial charge in [-0.1, -0.05) is 12.1 Å². The fraction of sp³-hybridized carbons (Fsp3) is 0.522. The van der Waals surface area contributed by atoms with E-state index in [-0.39, 0.29) is 11.9 Å². The van der Waals surface area contributed by atoms with Crippen molar-refractivity contribution < 1.29 is 14.3 Å². The molecule has 4 rings (SSSR count). The van der Waals surface area contributed by atoms with Gasteiger partial charge in [0, 0.05) is 55.3 Å². The average molecular weight is 430 g/mol. The molecular weight excluding hydrogens is 398 g/mol. The number of amides is 1. The number of ether oxygens (including phenoxy) is 2. The normalized spacial score (nSPS) is 20.5. The molecular formula is C23H31N3O3S. The predicted octanol–water partition coefficient (Wildman–Crippen LogP) is 3.25. The Bertz CT molecular complexity index is 834. The molecule has 0 spiro atoms. The lowest BCUT2D eigenvalue weighted by molar-refractivity contribution is -0.134. The minimum atomic E-state index is 0.218. The Kier molecular flexibility index (Phi) is 6.92. The molecule has 6 nitrogen and oxygen atoms in total. The molecule has 2 saturated heterocycles. The summed E-state index contributed by atoms with van der Waals surface area (Å²) in [4.78, 5) is 21.2. The summed E-state index contributed by atoms with van der Waals surface area (Å²) >= 11 is 1.80. The zero-order valence-corrected chi connectivity index (χ0v) is 18.7. The number of benzene rings is 1. The van der Waals surface area contributed by atoms with Gasteiger partial charge < -0.3 is 14.4 Å². The average Bonchev–Trinajstić information content (AvgIpc) is 3.46. The predicted molar refractivity (Wildman–Crippen MR) is 119 cm³/mol. The number of nitrogens with zero attached hydrogens (tertiary/aromatic N) is 3. The molecule has 0 saturated carbocycles. The van der Waals surface area contributed by atoms with Crippen LogP contribution in [0.1, 0.15) is 29.3 Å². The second-order valence-corrected chi connectivity index (χ2v) is 9.00. The first-order valence-corrected chi connectivity index (χ1v) is 11.5. The van der Waals surface area contributed by atoms with Gasteiger partial charge in [-0.05, 0) is 36.9 Å². The van der Waals surface area contributed by atoms with Crippen LogP contribution in [0, 0.1) is 0 Å². The number of thiophene rings is 1. The van der Waals surface area contributed by atoms with Gasteiger partial charge in [0.25, 0.3) is 0 Å². The van der Waals surface area contributed by atoms with E-state index in [9.17, 15) is 4.79 Å². The number of piperazine rings is 1. The molecule has 1 aromatic carbocycles. The maximum absolute atomic E-state index is 13.0. The van der Waals surface area contributed by atoms with E-state index in [4.69, 9.17) is 9.47 Å². The molecule has 0 N–H and O–H groups in total. The zero-order chi connectivity index (χ0) is 20.9. The van der Waals surface area contributed by atoms with Crippen molar-refractivity contribution in [2.75, 3.05) is 53.5 Å². The lowest BCUT2D eigenvalue weighted by Crippen LogP contribution is -2.50. The topological polar surface area (TPSA) is 45.2 Å². The van der Waals surface area contributed by atoms with Gasteiger partial charge in [-0.15, -0.1) is 11.3 Å². The summed E-state index contributed by atoms with van der Waals surface area (Å²) in [7, 11) is 3.35. The molecule has 7 heteroatoms. The Labute approximate surface area is 183 Å². The van der Waals surface area contributed by atoms with Gasteiger partial charge in [0.15, 0.2) is 0 Å². The maximum atomic E-state index is 13.0. The lowest BCUT2D eigenvalue weighted by Gasteiger charge is -2.36. The van der Waals surface area contributed by atoms with E-state index in [1.54, 1.807) is 25.6 Å². The molecule has 1 amide bonds. The van der Waals surface area contributed by atoms with Crippen molar-refractivity contribution in [1.29, 1.82) is 0 Å². The Morgan fingerprint density at radius 2 is 1.93 bits per heavy atom. The van der Waals surface area contributed by atoms with E-state index >= 15 is 0 Å². The molecule has 0 aliphatic carbocycles. The monoisotopic (exact) mass is 429 g/mol. The van der Waals surface area contributed by atoms with Crippen molar-refractivity contribution in [2.45, 2.75) is 25.4 Å². The molecule has 2 aliphatic heterocycles. The SMILES string of the molecule is COc1ccc([C@@H]2CCCN2CC(=O)N2CCN(Cc3cccs3)CC2)c(OC)c1. The Balaban J connectivity index is 1.34. The standard InChI is InChI=1S/C23H31N3O3S/c1-28-18-7-8-20(22(15-18)29-2)21-6-3-9-26(21)17-23(27)25-12-10-24(11-13-25)16-19-5-4-14-30-19/h4-5,7-8,14-15,21H,3,6,9-13,16-17H2,1-2H3/t21-/m0/s1. The maximum Gasteiger partial charge on any atom is 0.236 e. The van der Waals surface area contributed by atoms with Gasteiger partial charge in [-0.25, -0.2) is 0 Å². The van der Waals surface area contributed by atoms with Crippen molar-refractivity contribution in [2.24, 2.45) is 0 Å². The first-order chi connectivity index (χ1) is 14.7. The minimum Gasteiger partial charge on any atom is -0.497 e. The van der Waals surface area contributed by atoms with Gasteiger partial charge in [0.1, 0.15) is 11.5 Å². The summed E-state index contributed by atoms with van der Waals surface area (Å²) in [6, 6.07) is 10.5. The number of carbonyl (C=O) groups excluding carboxylic acids is 1. The molecule has 30 heavy (non-hydrogen) atoms. The summed E-state index contributed by atoms with van der Waals surface area (Å²) in [5.74, 6) is 1.86. The van der Waals surface area contributed by atoms with Crippen molar-refractivity contribution in [1.82, 2.24) is 14.7 Å². The van der Waals surface area contributed by atoms with Gasteiger partial charge in [0.2, 0.25) is 5.91 Å². The van der Waals surface area contributed by atoms with Gasteiger partial charge in [-0.3, -0.25) is 14.6 Å². The highest BCUT2D eigenvalue weighted by molar-refractivity contribution is 7.09. The van der Waals surface area contributed by atoms with Crippen LogP contribution < -0.4 is 9.47 Å². The molecule has 1 aromatic heterocycles. The molecule has 2 fully saturated rings. The zero-order valence-electron chi connectivity index (χ0n) is 17.9. The van der Waals surface area contributed by atoms with Crippen molar-refractivity contribution >= 4 is 17.2 Å². The quantitative estimate of drug-likeness (QED) is 0.676. The highest BCUT2D eigenvalue weighted by Crippen LogP contribution is 2.38. The number of methoxy groups -OCH3 is 2. The summed E-state index contributed by atoms with van der Waals surface area (Å²) in [5.41, 5.74) is 1.14. The van der Waals surface area contributed by atoms with E-state index in [0.717, 1.165) is 69.2 Å². The second-order valence-electron chi connectivity index (χ2n) is 7.97. The van der Waals surface area contributed by atoms with Crippen molar-refractivity contribution in [3.63, 3.8) is 0 Å². The molecule has 2 aliphatic rings. The van der Waals surface area contributed by atoms with Crippen molar-refractivity contribution in [3.8, 4) is 11.5 Å². The molecule has 3 heterocycles. The summed E-state index contributed by atoms with van der Waals surface area (Å²) < 4.78 is 10.9. The van der Waals surface area contributed by atoms with Crippen LogP contribution in [0.5, 0.6) is 11.5 Å². The third-order valence-corrected chi connectivity index (χ3v) is 7.05. The summed E-state index contributed by atoms with van der Waals surface area (Å²) in [6.07, 6.45) is 2.15. The van der Waals surface area contributed by atoms with E-state index in [1.165, 1.54) is 4.88 Å². The van der Waals surface area contributed by atoms with E-state index in [1.807, 2.05) is 17.0 Å². The van der Waals surface area contributed by atoms with Crippen LogP contribution in [0.2, 0.25) is 0 Å². The minimum absolute atomic E-state index is 0.218. The fourth-order valence-electron chi connectivity index (χ4n) is 4.51. The van der Waals surface area contributed by atoms with Gasteiger partial charge >= 0.3 is 0 Å². The van der Waals surface area contributed by atoms with Crippen LogP contribution in [-0.4, -0.2) is 74.1 Å². The Morgan fingerprint density at radius 1 is 1.10 bits per heavy atom. The largest absolute Gasteiger partial charge is 0.497 e. The number of hydrogen-bond acceptors (Lipinski definition) is 6. The number of hydrogen-bond donors (Lipinski definition) is 0. The summed E-state index contributed by atoms with van der Waals surface area (Å²) in [5, 5.41) is 2.12. The van der Waals surface area contributed by atoms with E-state index in [0.29, 0.717) is 6.54 Å². The lowest BCUT2D eigenvalue weighted by atomic mass is 10.0.